The molecule has 34 heavy (non-hydrogen) atoms. The van der Waals surface area contributed by atoms with Crippen molar-refractivity contribution in [1.29, 1.82) is 0 Å². The summed E-state index contributed by atoms with van der Waals surface area (Å²) in [7, 11) is 0. The number of hydrogen-bond acceptors (Lipinski definition) is 6. The number of esters is 2. The van der Waals surface area contributed by atoms with Crippen LogP contribution in [0.5, 0.6) is 0 Å². The second-order valence-electron chi connectivity index (χ2n) is 7.53. The van der Waals surface area contributed by atoms with E-state index in [9.17, 15) is 9.59 Å². The van der Waals surface area contributed by atoms with Gasteiger partial charge in [-0.15, -0.1) is 0 Å². The minimum atomic E-state index is -0.521. The number of halogens is 2. The fourth-order valence-electron chi connectivity index (χ4n) is 4.21. The zero-order chi connectivity index (χ0) is 24.6. The molecular formula is C26H22Br2N2O4. The quantitative estimate of drug-likeness (QED) is 0.255. The van der Waals surface area contributed by atoms with E-state index in [4.69, 9.17) is 20.9 Å². The molecular weight excluding hydrogens is 564 g/mol. The van der Waals surface area contributed by atoms with Crippen molar-refractivity contribution >= 4 is 55.2 Å². The maximum absolute atomic E-state index is 12.9. The third-order valence-corrected chi connectivity index (χ3v) is 6.64. The Balaban J connectivity index is 2.14. The molecule has 4 aliphatic carbocycles. The van der Waals surface area contributed by atoms with Gasteiger partial charge in [0.25, 0.3) is 0 Å². The molecule has 0 fully saturated rings. The van der Waals surface area contributed by atoms with Gasteiger partial charge >= 0.3 is 11.9 Å². The molecule has 4 aliphatic rings. The molecule has 0 unspecified atom stereocenters. The normalized spacial score (nSPS) is 11.1. The molecule has 0 heterocycles. The Morgan fingerprint density at radius 2 is 0.971 bits per heavy atom. The Bertz CT molecular complexity index is 1270. The van der Waals surface area contributed by atoms with Crippen LogP contribution in [0.3, 0.4) is 0 Å². The molecule has 0 aliphatic heterocycles. The summed E-state index contributed by atoms with van der Waals surface area (Å²) in [5.74, 6) is -1.04. The van der Waals surface area contributed by atoms with Crippen LogP contribution >= 0.6 is 31.9 Å². The van der Waals surface area contributed by atoms with E-state index in [2.05, 4.69) is 31.9 Å². The van der Waals surface area contributed by atoms with Gasteiger partial charge in [-0.1, -0.05) is 56.1 Å². The third kappa shape index (κ3) is 4.01. The van der Waals surface area contributed by atoms with Crippen molar-refractivity contribution in [1.82, 2.24) is 0 Å². The van der Waals surface area contributed by atoms with Gasteiger partial charge < -0.3 is 20.9 Å². The molecule has 0 saturated carbocycles. The van der Waals surface area contributed by atoms with Gasteiger partial charge in [-0.2, -0.15) is 0 Å². The molecule has 0 radical (unpaired) electrons. The molecule has 6 nitrogen and oxygen atoms in total. The predicted octanol–water partition coefficient (Wildman–Crippen LogP) is 6.61. The van der Waals surface area contributed by atoms with E-state index in [0.29, 0.717) is 33.4 Å². The van der Waals surface area contributed by atoms with E-state index < -0.39 is 11.9 Å². The summed E-state index contributed by atoms with van der Waals surface area (Å²) in [6.07, 6.45) is 0. The summed E-state index contributed by atoms with van der Waals surface area (Å²) in [5, 5.41) is 0. The highest BCUT2D eigenvalue weighted by Gasteiger charge is 2.34. The van der Waals surface area contributed by atoms with E-state index >= 15 is 0 Å². The predicted molar refractivity (Wildman–Crippen MR) is 141 cm³/mol. The first-order valence-corrected chi connectivity index (χ1v) is 12.2. The lowest BCUT2D eigenvalue weighted by atomic mass is 9.98. The van der Waals surface area contributed by atoms with Crippen LogP contribution in [0.2, 0.25) is 0 Å². The molecule has 4 rings (SSSR count). The van der Waals surface area contributed by atoms with Crippen molar-refractivity contribution < 1.29 is 19.1 Å². The van der Waals surface area contributed by atoms with Crippen molar-refractivity contribution in [3.8, 4) is 33.4 Å². The Morgan fingerprint density at radius 3 is 1.29 bits per heavy atom. The highest BCUT2D eigenvalue weighted by Crippen LogP contribution is 2.53. The molecule has 4 N–H and O–H groups in total. The van der Waals surface area contributed by atoms with E-state index in [1.54, 1.807) is 13.8 Å². The van der Waals surface area contributed by atoms with Crippen LogP contribution in [0.1, 0.15) is 34.6 Å². The van der Waals surface area contributed by atoms with Gasteiger partial charge in [0.15, 0.2) is 0 Å². The number of anilines is 2. The molecule has 0 bridgehead atoms. The Kier molecular flexibility index (Phi) is 6.81. The maximum Gasteiger partial charge on any atom is 0.340 e. The average Bonchev–Trinajstić information content (AvgIpc) is 3.01. The first-order chi connectivity index (χ1) is 16.3. The van der Waals surface area contributed by atoms with Crippen molar-refractivity contribution in [3.05, 3.63) is 68.6 Å². The summed E-state index contributed by atoms with van der Waals surface area (Å²) in [6, 6.07) is 14.8. The Morgan fingerprint density at radius 1 is 0.647 bits per heavy atom. The lowest BCUT2D eigenvalue weighted by Crippen LogP contribution is -2.07. The smallest absolute Gasteiger partial charge is 0.340 e. The number of ether oxygens (including phenoxy) is 2. The number of rotatable bonds is 5. The summed E-state index contributed by atoms with van der Waals surface area (Å²) in [6.45, 7) is 3.90. The lowest BCUT2D eigenvalue weighted by molar-refractivity contribution is 0.0519. The van der Waals surface area contributed by atoms with Crippen molar-refractivity contribution in [3.63, 3.8) is 0 Å². The number of hydrogen-bond donors (Lipinski definition) is 2. The molecule has 0 amide bonds. The standard InChI is InChI=1S/C26H22Br2N2O4/c1-3-33-25(31)21-17-11-7-13(27)5-9-15(17)19(23(21)29)20-16-10-6-14(28)8-12-18(16)22(24(20)30)26(32)34-4-2/h5-12H,3-4,29-30H2,1-2H3. The third-order valence-electron chi connectivity index (χ3n) is 5.58. The van der Waals surface area contributed by atoms with Crippen molar-refractivity contribution in [2.24, 2.45) is 0 Å². The maximum atomic E-state index is 12.9. The zero-order valence-electron chi connectivity index (χ0n) is 18.6. The van der Waals surface area contributed by atoms with Gasteiger partial charge in [0.2, 0.25) is 0 Å². The first kappa shape index (κ1) is 24.0. The monoisotopic (exact) mass is 584 g/mol. The molecule has 0 aromatic rings. The van der Waals surface area contributed by atoms with Gasteiger partial charge in [-0.3, -0.25) is 0 Å². The Hall–Kier alpha value is -3.10. The van der Waals surface area contributed by atoms with Crippen LogP contribution in [0.15, 0.2) is 57.5 Å². The van der Waals surface area contributed by atoms with Gasteiger partial charge in [-0.25, -0.2) is 9.59 Å². The molecule has 0 atom stereocenters. The summed E-state index contributed by atoms with van der Waals surface area (Å²) in [4.78, 5) is 25.9. The van der Waals surface area contributed by atoms with Crippen molar-refractivity contribution in [2.75, 3.05) is 24.7 Å². The fourth-order valence-corrected chi connectivity index (χ4v) is 4.74. The molecule has 8 heteroatoms. The SMILES string of the molecule is CCOC(=O)c1c2ccc(Br)ccc-2c(-c2c3ccc(Br)ccc-3c(C(=O)OCC)c2N)c1N. The van der Waals surface area contributed by atoms with E-state index in [-0.39, 0.29) is 35.7 Å². The second-order valence-corrected chi connectivity index (χ2v) is 9.36. The van der Waals surface area contributed by atoms with E-state index in [1.807, 2.05) is 48.5 Å². The average molecular weight is 586 g/mol. The lowest BCUT2D eigenvalue weighted by Gasteiger charge is -2.07. The van der Waals surface area contributed by atoms with Gasteiger partial charge in [0.1, 0.15) is 0 Å². The van der Waals surface area contributed by atoms with Crippen LogP contribution in [-0.4, -0.2) is 25.2 Å². The summed E-state index contributed by atoms with van der Waals surface area (Å²) < 4.78 is 12.3. The zero-order valence-corrected chi connectivity index (χ0v) is 21.7. The molecule has 0 saturated heterocycles. The molecule has 0 aromatic heterocycles. The van der Waals surface area contributed by atoms with Crippen LogP contribution < -0.4 is 11.5 Å². The van der Waals surface area contributed by atoms with Gasteiger partial charge in [0, 0.05) is 20.1 Å². The number of fused-ring (bicyclic) bond motifs is 2. The number of carbonyl (C=O) groups is 2. The van der Waals surface area contributed by atoms with Crippen LogP contribution in [0.4, 0.5) is 11.4 Å². The topological polar surface area (TPSA) is 105 Å². The van der Waals surface area contributed by atoms with Gasteiger partial charge in [-0.05, 0) is 60.4 Å². The summed E-state index contributed by atoms with van der Waals surface area (Å²) >= 11 is 6.97. The van der Waals surface area contributed by atoms with Crippen molar-refractivity contribution in [2.45, 2.75) is 13.8 Å². The minimum Gasteiger partial charge on any atom is -0.462 e. The van der Waals surface area contributed by atoms with E-state index in [1.165, 1.54) is 0 Å². The first-order valence-electron chi connectivity index (χ1n) is 10.7. The molecule has 0 spiro atoms. The second kappa shape index (κ2) is 9.64. The molecule has 0 aromatic carbocycles. The summed E-state index contributed by atoms with van der Waals surface area (Å²) in [5.41, 5.74) is 18.1. The number of nitrogens with two attached hydrogens (primary N) is 2. The van der Waals surface area contributed by atoms with Crippen LogP contribution in [-0.2, 0) is 9.47 Å². The van der Waals surface area contributed by atoms with Gasteiger partial charge in [0.05, 0.1) is 35.7 Å². The Labute approximate surface area is 214 Å². The highest BCUT2D eigenvalue weighted by atomic mass is 79.9. The minimum absolute atomic E-state index is 0.210. The molecule has 174 valence electrons. The number of nitrogen functional groups attached to an aromatic ring is 2. The highest BCUT2D eigenvalue weighted by molar-refractivity contribution is 9.10. The largest absolute Gasteiger partial charge is 0.462 e. The number of carbonyl (C=O) groups excluding carboxylic acids is 2. The van der Waals surface area contributed by atoms with Crippen LogP contribution in [0.25, 0.3) is 33.4 Å². The fraction of sp³-hybridized carbons (Fsp3) is 0.154. The van der Waals surface area contributed by atoms with Crippen LogP contribution in [0, 0.1) is 0 Å². The van der Waals surface area contributed by atoms with E-state index in [0.717, 1.165) is 8.95 Å².